The summed E-state index contributed by atoms with van der Waals surface area (Å²) >= 11 is 0. The number of hydrogen-bond donors (Lipinski definition) is 0. The van der Waals surface area contributed by atoms with Gasteiger partial charge in [0, 0.05) is 18.8 Å². The minimum absolute atomic E-state index is 0.184. The van der Waals surface area contributed by atoms with Crippen LogP contribution in [0.2, 0.25) is 0 Å². The minimum Gasteiger partial charge on any atom is -0.300 e. The standard InChI is InChI=1S/C10H10N2O/c1-8(13)6-9-3-5-12-10(7-9)2-4-11-12/h2-5,7H,6H2,1H3. The van der Waals surface area contributed by atoms with Gasteiger partial charge in [0.1, 0.15) is 5.78 Å². The molecule has 0 fully saturated rings. The van der Waals surface area contributed by atoms with E-state index in [1.54, 1.807) is 17.6 Å². The summed E-state index contributed by atoms with van der Waals surface area (Å²) in [7, 11) is 0. The Morgan fingerprint density at radius 3 is 3.15 bits per heavy atom. The summed E-state index contributed by atoms with van der Waals surface area (Å²) in [6.07, 6.45) is 4.11. The van der Waals surface area contributed by atoms with Crippen molar-refractivity contribution in [2.75, 3.05) is 0 Å². The molecule has 2 aromatic rings. The van der Waals surface area contributed by atoms with Crippen molar-refractivity contribution in [1.82, 2.24) is 9.61 Å². The molecule has 3 heteroatoms. The zero-order valence-electron chi connectivity index (χ0n) is 7.40. The molecular formula is C10H10N2O. The van der Waals surface area contributed by atoms with E-state index in [1.165, 1.54) is 0 Å². The predicted molar refractivity (Wildman–Crippen MR) is 49.6 cm³/mol. The highest BCUT2D eigenvalue weighted by atomic mass is 16.1. The van der Waals surface area contributed by atoms with Gasteiger partial charge in [-0.2, -0.15) is 5.10 Å². The molecule has 2 heterocycles. The van der Waals surface area contributed by atoms with Gasteiger partial charge in [-0.3, -0.25) is 4.79 Å². The Kier molecular flexibility index (Phi) is 1.85. The van der Waals surface area contributed by atoms with E-state index in [1.807, 2.05) is 24.4 Å². The maximum Gasteiger partial charge on any atom is 0.134 e. The molecule has 0 spiro atoms. The van der Waals surface area contributed by atoms with Gasteiger partial charge in [0.2, 0.25) is 0 Å². The molecule has 0 radical (unpaired) electrons. The van der Waals surface area contributed by atoms with Gasteiger partial charge >= 0.3 is 0 Å². The Morgan fingerprint density at radius 2 is 2.38 bits per heavy atom. The first-order chi connectivity index (χ1) is 6.25. The third kappa shape index (κ3) is 1.59. The smallest absolute Gasteiger partial charge is 0.134 e. The Bertz CT molecular complexity index is 445. The number of Topliss-reactive ketones (excluding diaryl/α,β-unsaturated/α-hetero) is 1. The van der Waals surface area contributed by atoms with E-state index in [0.29, 0.717) is 6.42 Å². The van der Waals surface area contributed by atoms with Crippen LogP contribution in [0.5, 0.6) is 0 Å². The maximum absolute atomic E-state index is 10.9. The molecule has 0 aliphatic carbocycles. The summed E-state index contributed by atoms with van der Waals surface area (Å²) in [6.45, 7) is 1.60. The fourth-order valence-electron chi connectivity index (χ4n) is 1.37. The largest absolute Gasteiger partial charge is 0.300 e. The van der Waals surface area contributed by atoms with Crippen molar-refractivity contribution in [3.8, 4) is 0 Å². The van der Waals surface area contributed by atoms with Gasteiger partial charge < -0.3 is 0 Å². The second kappa shape index (κ2) is 3.01. The number of pyridine rings is 1. The molecule has 0 unspecified atom stereocenters. The lowest BCUT2D eigenvalue weighted by atomic mass is 10.1. The van der Waals surface area contributed by atoms with E-state index in [0.717, 1.165) is 11.1 Å². The van der Waals surface area contributed by atoms with Crippen molar-refractivity contribution in [2.24, 2.45) is 0 Å². The Hall–Kier alpha value is -1.64. The zero-order valence-corrected chi connectivity index (χ0v) is 7.40. The van der Waals surface area contributed by atoms with E-state index in [4.69, 9.17) is 0 Å². The average Bonchev–Trinajstić information content (AvgIpc) is 2.49. The Morgan fingerprint density at radius 1 is 1.54 bits per heavy atom. The van der Waals surface area contributed by atoms with E-state index in [9.17, 15) is 4.79 Å². The monoisotopic (exact) mass is 174 g/mol. The van der Waals surface area contributed by atoms with Gasteiger partial charge in [-0.1, -0.05) is 0 Å². The molecule has 3 nitrogen and oxygen atoms in total. The van der Waals surface area contributed by atoms with Crippen molar-refractivity contribution in [1.29, 1.82) is 0 Å². The lowest BCUT2D eigenvalue weighted by Gasteiger charge is -1.98. The number of ketones is 1. The van der Waals surface area contributed by atoms with Gasteiger partial charge in [0.15, 0.2) is 0 Å². The van der Waals surface area contributed by atoms with Crippen LogP contribution in [0.3, 0.4) is 0 Å². The molecule has 66 valence electrons. The van der Waals surface area contributed by atoms with E-state index in [2.05, 4.69) is 5.10 Å². The van der Waals surface area contributed by atoms with Crippen LogP contribution in [0.15, 0.2) is 30.6 Å². The summed E-state index contributed by atoms with van der Waals surface area (Å²) in [5, 5.41) is 4.07. The summed E-state index contributed by atoms with van der Waals surface area (Å²) in [6, 6.07) is 5.82. The highest BCUT2D eigenvalue weighted by molar-refractivity contribution is 5.78. The molecule has 0 aliphatic heterocycles. The van der Waals surface area contributed by atoms with Crippen LogP contribution < -0.4 is 0 Å². The number of carbonyl (C=O) groups excluding carboxylic acids is 1. The number of nitrogens with zero attached hydrogens (tertiary/aromatic N) is 2. The van der Waals surface area contributed by atoms with Crippen molar-refractivity contribution >= 4 is 11.3 Å². The summed E-state index contributed by atoms with van der Waals surface area (Å²) in [5.74, 6) is 0.184. The molecule has 0 saturated heterocycles. The van der Waals surface area contributed by atoms with E-state index in [-0.39, 0.29) is 5.78 Å². The van der Waals surface area contributed by atoms with E-state index >= 15 is 0 Å². The van der Waals surface area contributed by atoms with Crippen LogP contribution in [0.4, 0.5) is 0 Å². The highest BCUT2D eigenvalue weighted by Crippen LogP contribution is 2.06. The predicted octanol–water partition coefficient (Wildman–Crippen LogP) is 1.47. The van der Waals surface area contributed by atoms with Crippen molar-refractivity contribution in [2.45, 2.75) is 13.3 Å². The van der Waals surface area contributed by atoms with Gasteiger partial charge in [-0.25, -0.2) is 4.52 Å². The molecule has 0 aliphatic rings. The lowest BCUT2D eigenvalue weighted by Crippen LogP contribution is -1.97. The van der Waals surface area contributed by atoms with Crippen molar-refractivity contribution in [3.05, 3.63) is 36.2 Å². The molecule has 2 rings (SSSR count). The van der Waals surface area contributed by atoms with Crippen molar-refractivity contribution < 1.29 is 4.79 Å². The van der Waals surface area contributed by atoms with Gasteiger partial charge in [-0.15, -0.1) is 0 Å². The Labute approximate surface area is 76.0 Å². The first-order valence-electron chi connectivity index (χ1n) is 4.17. The SMILES string of the molecule is CC(=O)Cc1ccn2nccc2c1. The molecule has 13 heavy (non-hydrogen) atoms. The number of carbonyl (C=O) groups is 1. The molecule has 0 N–H and O–H groups in total. The van der Waals surface area contributed by atoms with Gasteiger partial charge in [0.25, 0.3) is 0 Å². The molecule has 0 atom stereocenters. The number of aromatic nitrogens is 2. The normalized spacial score (nSPS) is 10.5. The minimum atomic E-state index is 0.184. The van der Waals surface area contributed by atoms with Crippen LogP contribution in [-0.4, -0.2) is 15.4 Å². The topological polar surface area (TPSA) is 34.4 Å². The number of fused-ring (bicyclic) bond motifs is 1. The first-order valence-corrected chi connectivity index (χ1v) is 4.17. The van der Waals surface area contributed by atoms with Crippen LogP contribution in [0.1, 0.15) is 12.5 Å². The summed E-state index contributed by atoms with van der Waals surface area (Å²) < 4.78 is 1.78. The average molecular weight is 174 g/mol. The van der Waals surface area contributed by atoms with E-state index < -0.39 is 0 Å². The fourth-order valence-corrected chi connectivity index (χ4v) is 1.37. The second-order valence-corrected chi connectivity index (χ2v) is 3.11. The molecular weight excluding hydrogens is 164 g/mol. The first kappa shape index (κ1) is 7.98. The highest BCUT2D eigenvalue weighted by Gasteiger charge is 1.99. The van der Waals surface area contributed by atoms with Gasteiger partial charge in [-0.05, 0) is 30.7 Å². The molecule has 0 bridgehead atoms. The fraction of sp³-hybridized carbons (Fsp3) is 0.200. The maximum atomic E-state index is 10.9. The second-order valence-electron chi connectivity index (χ2n) is 3.11. The molecule has 0 aromatic carbocycles. The Balaban J connectivity index is 2.42. The van der Waals surface area contributed by atoms with Crippen LogP contribution in [0, 0.1) is 0 Å². The lowest BCUT2D eigenvalue weighted by molar-refractivity contribution is -0.116. The molecule has 0 saturated carbocycles. The third-order valence-electron chi connectivity index (χ3n) is 1.92. The molecule has 2 aromatic heterocycles. The third-order valence-corrected chi connectivity index (χ3v) is 1.92. The number of hydrogen-bond acceptors (Lipinski definition) is 2. The van der Waals surface area contributed by atoms with Crippen LogP contribution in [-0.2, 0) is 11.2 Å². The van der Waals surface area contributed by atoms with Crippen LogP contribution >= 0.6 is 0 Å². The summed E-state index contributed by atoms with van der Waals surface area (Å²) in [5.41, 5.74) is 2.07. The zero-order chi connectivity index (χ0) is 9.26. The molecule has 0 amide bonds. The quantitative estimate of drug-likeness (QED) is 0.690. The van der Waals surface area contributed by atoms with Crippen molar-refractivity contribution in [3.63, 3.8) is 0 Å². The van der Waals surface area contributed by atoms with Crippen LogP contribution in [0.25, 0.3) is 5.52 Å². The van der Waals surface area contributed by atoms with Gasteiger partial charge in [0.05, 0.1) is 5.52 Å². The summed E-state index contributed by atoms with van der Waals surface area (Å²) in [4.78, 5) is 10.9. The number of rotatable bonds is 2.